The highest BCUT2D eigenvalue weighted by Crippen LogP contribution is 2.17. The van der Waals surface area contributed by atoms with Gasteiger partial charge in [-0.05, 0) is 12.8 Å². The summed E-state index contributed by atoms with van der Waals surface area (Å²) in [5, 5.41) is -1.09. The fraction of sp³-hybridized carbons (Fsp3) is 0.722. The number of unbranched alkanes of at least 4 members (excludes halogenated alkanes) is 6. The molecule has 0 amide bonds. The SMILES string of the molecule is CCCCCCS(=O)(=O)c1cc(C(=O)OC)nc(S(=O)(=O)CCCCCC)n1. The molecule has 8 nitrogen and oxygen atoms in total. The van der Waals surface area contributed by atoms with Crippen molar-refractivity contribution in [3.05, 3.63) is 11.8 Å². The summed E-state index contributed by atoms with van der Waals surface area (Å²) in [6.07, 6.45) is 6.05. The Morgan fingerprint density at radius 1 is 0.857 bits per heavy atom. The predicted molar refractivity (Wildman–Crippen MR) is 106 cm³/mol. The standard InChI is InChI=1S/C18H30N2O6S2/c1-4-6-8-10-12-27(22,23)16-14-15(17(21)26-3)19-18(20-16)28(24,25)13-11-9-7-5-2/h14H,4-13H2,1-3H3. The third-order valence-corrected chi connectivity index (χ3v) is 7.44. The molecule has 0 fully saturated rings. The lowest BCUT2D eigenvalue weighted by atomic mass is 10.2. The second-order valence-corrected chi connectivity index (χ2v) is 10.7. The molecule has 0 aliphatic carbocycles. The number of rotatable bonds is 13. The molecule has 0 unspecified atom stereocenters. The molecule has 10 heteroatoms. The van der Waals surface area contributed by atoms with E-state index in [0.717, 1.165) is 51.7 Å². The minimum atomic E-state index is -3.91. The van der Waals surface area contributed by atoms with Crippen LogP contribution in [0.5, 0.6) is 0 Å². The number of carbonyl (C=O) groups is 1. The molecule has 1 heterocycles. The average molecular weight is 435 g/mol. The van der Waals surface area contributed by atoms with E-state index in [0.29, 0.717) is 12.8 Å². The maximum atomic E-state index is 12.6. The van der Waals surface area contributed by atoms with Crippen LogP contribution in [0.1, 0.15) is 75.7 Å². The first-order valence-electron chi connectivity index (χ1n) is 9.60. The number of hydrogen-bond acceptors (Lipinski definition) is 8. The van der Waals surface area contributed by atoms with Crippen LogP contribution in [0.25, 0.3) is 0 Å². The van der Waals surface area contributed by atoms with E-state index in [-0.39, 0.29) is 17.2 Å². The number of sulfone groups is 2. The zero-order valence-corrected chi connectivity index (χ0v) is 18.4. The van der Waals surface area contributed by atoms with Crippen molar-refractivity contribution in [2.45, 2.75) is 75.4 Å². The minimum Gasteiger partial charge on any atom is -0.464 e. The summed E-state index contributed by atoms with van der Waals surface area (Å²) < 4.78 is 54.9. The Morgan fingerprint density at radius 2 is 1.39 bits per heavy atom. The molecule has 0 N–H and O–H groups in total. The normalized spacial score (nSPS) is 12.1. The Kier molecular flexibility index (Phi) is 10.0. The van der Waals surface area contributed by atoms with E-state index < -0.39 is 35.8 Å². The average Bonchev–Trinajstić information content (AvgIpc) is 2.67. The number of methoxy groups -OCH3 is 1. The maximum Gasteiger partial charge on any atom is 0.356 e. The highest BCUT2D eigenvalue weighted by molar-refractivity contribution is 7.92. The number of hydrogen-bond donors (Lipinski definition) is 0. The lowest BCUT2D eigenvalue weighted by molar-refractivity contribution is 0.0592. The Bertz CT molecular complexity index is 791. The molecule has 1 aromatic rings. The number of nitrogens with zero attached hydrogens (tertiary/aromatic N) is 2. The molecule has 0 spiro atoms. The smallest absolute Gasteiger partial charge is 0.356 e. The molecule has 0 bridgehead atoms. The quantitative estimate of drug-likeness (QED) is 0.201. The van der Waals surface area contributed by atoms with Crippen LogP contribution in [0.3, 0.4) is 0 Å². The van der Waals surface area contributed by atoms with Crippen LogP contribution in [0.15, 0.2) is 16.2 Å². The molecular weight excluding hydrogens is 404 g/mol. The van der Waals surface area contributed by atoms with Gasteiger partial charge in [-0.1, -0.05) is 52.4 Å². The number of ether oxygens (including phenoxy) is 1. The Labute approximate surface area is 168 Å². The third kappa shape index (κ3) is 7.46. The molecule has 0 saturated heterocycles. The monoisotopic (exact) mass is 434 g/mol. The van der Waals surface area contributed by atoms with Crippen LogP contribution >= 0.6 is 0 Å². The van der Waals surface area contributed by atoms with E-state index in [2.05, 4.69) is 14.7 Å². The van der Waals surface area contributed by atoms with E-state index in [1.807, 2.05) is 13.8 Å². The van der Waals surface area contributed by atoms with Crippen LogP contribution in [-0.4, -0.2) is 51.4 Å². The third-order valence-electron chi connectivity index (χ3n) is 4.21. The number of esters is 1. The van der Waals surface area contributed by atoms with Crippen LogP contribution in [0.4, 0.5) is 0 Å². The molecule has 0 aromatic carbocycles. The van der Waals surface area contributed by atoms with E-state index in [1.165, 1.54) is 0 Å². The summed E-state index contributed by atoms with van der Waals surface area (Å²) in [5.41, 5.74) is -0.378. The summed E-state index contributed by atoms with van der Waals surface area (Å²) in [7, 11) is -6.64. The molecule has 0 radical (unpaired) electrons. The number of aromatic nitrogens is 2. The van der Waals surface area contributed by atoms with Crippen molar-refractivity contribution >= 4 is 25.6 Å². The first kappa shape index (κ1) is 24.5. The van der Waals surface area contributed by atoms with Crippen LogP contribution < -0.4 is 0 Å². The summed E-state index contributed by atoms with van der Waals surface area (Å²) >= 11 is 0. The van der Waals surface area contributed by atoms with Gasteiger partial charge in [0.25, 0.3) is 0 Å². The highest BCUT2D eigenvalue weighted by Gasteiger charge is 2.26. The fourth-order valence-corrected chi connectivity index (χ4v) is 5.15. The van der Waals surface area contributed by atoms with Crippen molar-refractivity contribution in [3.63, 3.8) is 0 Å². The summed E-state index contributed by atoms with van der Waals surface area (Å²) in [4.78, 5) is 19.4. The topological polar surface area (TPSA) is 120 Å². The fourth-order valence-electron chi connectivity index (χ4n) is 2.54. The van der Waals surface area contributed by atoms with Gasteiger partial charge < -0.3 is 4.74 Å². The van der Waals surface area contributed by atoms with Gasteiger partial charge >= 0.3 is 5.97 Å². The highest BCUT2D eigenvalue weighted by atomic mass is 32.2. The molecule has 1 aromatic heterocycles. The summed E-state index contributed by atoms with van der Waals surface area (Å²) in [6, 6.07) is 0.983. The Morgan fingerprint density at radius 3 is 1.89 bits per heavy atom. The van der Waals surface area contributed by atoms with Gasteiger partial charge in [0.2, 0.25) is 15.0 Å². The molecule has 0 aliphatic heterocycles. The van der Waals surface area contributed by atoms with Crippen molar-refractivity contribution in [2.75, 3.05) is 18.6 Å². The van der Waals surface area contributed by atoms with E-state index >= 15 is 0 Å². The summed E-state index contributed by atoms with van der Waals surface area (Å²) in [6.45, 7) is 4.02. The number of carbonyl (C=O) groups excluding carboxylic acids is 1. The van der Waals surface area contributed by atoms with Gasteiger partial charge in [-0.25, -0.2) is 31.6 Å². The lowest BCUT2D eigenvalue weighted by Crippen LogP contribution is -2.19. The predicted octanol–water partition coefficient (Wildman–Crippen LogP) is 2.97. The minimum absolute atomic E-state index is 0.166. The lowest BCUT2D eigenvalue weighted by Gasteiger charge is -2.09. The van der Waals surface area contributed by atoms with Gasteiger partial charge in [0, 0.05) is 6.07 Å². The second-order valence-electron chi connectivity index (χ2n) is 6.62. The van der Waals surface area contributed by atoms with Crippen molar-refractivity contribution in [1.29, 1.82) is 0 Å². The van der Waals surface area contributed by atoms with Gasteiger partial charge in [-0.2, -0.15) is 0 Å². The molecule has 0 saturated carbocycles. The van der Waals surface area contributed by atoms with Crippen molar-refractivity contribution in [3.8, 4) is 0 Å². The maximum absolute atomic E-state index is 12.6. The molecule has 0 aliphatic rings. The first-order valence-corrected chi connectivity index (χ1v) is 12.9. The van der Waals surface area contributed by atoms with Gasteiger partial charge in [-0.15, -0.1) is 0 Å². The molecule has 0 atom stereocenters. The van der Waals surface area contributed by atoms with Gasteiger partial charge in [0.05, 0.1) is 18.6 Å². The largest absolute Gasteiger partial charge is 0.464 e. The summed E-state index contributed by atoms with van der Waals surface area (Å²) in [5.74, 6) is -1.28. The van der Waals surface area contributed by atoms with Crippen molar-refractivity contribution < 1.29 is 26.4 Å². The van der Waals surface area contributed by atoms with E-state index in [9.17, 15) is 21.6 Å². The van der Waals surface area contributed by atoms with E-state index in [4.69, 9.17) is 0 Å². The van der Waals surface area contributed by atoms with Crippen molar-refractivity contribution in [2.24, 2.45) is 0 Å². The van der Waals surface area contributed by atoms with Crippen LogP contribution in [0, 0.1) is 0 Å². The zero-order chi connectivity index (χ0) is 21.2. The molecule has 28 heavy (non-hydrogen) atoms. The first-order chi connectivity index (χ1) is 13.2. The van der Waals surface area contributed by atoms with Gasteiger partial charge in [-0.3, -0.25) is 0 Å². The molecular formula is C18H30N2O6S2. The van der Waals surface area contributed by atoms with Gasteiger partial charge in [0.15, 0.2) is 20.6 Å². The van der Waals surface area contributed by atoms with E-state index in [1.54, 1.807) is 0 Å². The van der Waals surface area contributed by atoms with Crippen LogP contribution in [-0.2, 0) is 24.4 Å². The molecule has 1 rings (SSSR count). The molecule has 160 valence electrons. The Hall–Kier alpha value is -1.55. The second kappa shape index (κ2) is 11.5. The van der Waals surface area contributed by atoms with Crippen LogP contribution in [0.2, 0.25) is 0 Å². The van der Waals surface area contributed by atoms with Crippen molar-refractivity contribution in [1.82, 2.24) is 9.97 Å². The zero-order valence-electron chi connectivity index (χ0n) is 16.8. The Balaban J connectivity index is 3.21. The van der Waals surface area contributed by atoms with Gasteiger partial charge in [0.1, 0.15) is 0 Å².